The summed E-state index contributed by atoms with van der Waals surface area (Å²) in [7, 11) is -3.43. The monoisotopic (exact) mass is 234 g/mol. The van der Waals surface area contributed by atoms with Gasteiger partial charge in [-0.2, -0.15) is 0 Å². The van der Waals surface area contributed by atoms with E-state index in [2.05, 4.69) is 10.5 Å². The summed E-state index contributed by atoms with van der Waals surface area (Å²) in [4.78, 5) is 0. The number of halogens is 1. The number of benzene rings is 1. The van der Waals surface area contributed by atoms with E-state index in [0.717, 1.165) is 0 Å². The van der Waals surface area contributed by atoms with Gasteiger partial charge in [-0.1, -0.05) is 29.8 Å². The third-order valence-electron chi connectivity index (χ3n) is 1.49. The number of sulfonamides is 1. The van der Waals surface area contributed by atoms with E-state index < -0.39 is 10.0 Å². The summed E-state index contributed by atoms with van der Waals surface area (Å²) in [5.41, 5.74) is 3.74. The predicted molar refractivity (Wildman–Crippen MR) is 56.0 cm³/mol. The Morgan fingerprint density at radius 1 is 1.36 bits per heavy atom. The van der Waals surface area contributed by atoms with E-state index in [1.54, 1.807) is 24.3 Å². The highest BCUT2D eigenvalue weighted by molar-refractivity contribution is 7.94. The maximum atomic E-state index is 11.3. The van der Waals surface area contributed by atoms with Gasteiger partial charge in [0.1, 0.15) is 0 Å². The second-order valence-corrected chi connectivity index (χ2v) is 4.84. The Morgan fingerprint density at radius 3 is 2.57 bits per heavy atom. The van der Waals surface area contributed by atoms with Gasteiger partial charge in [0, 0.05) is 5.02 Å². The van der Waals surface area contributed by atoms with Crippen LogP contribution < -0.4 is 5.73 Å². The summed E-state index contributed by atoms with van der Waals surface area (Å²) in [6.07, 6.45) is 0. The van der Waals surface area contributed by atoms with Crippen molar-refractivity contribution in [2.75, 3.05) is 12.3 Å². The van der Waals surface area contributed by atoms with Gasteiger partial charge in [0.15, 0.2) is 0 Å². The molecule has 0 spiro atoms. The van der Waals surface area contributed by atoms with Crippen molar-refractivity contribution in [1.82, 2.24) is 0 Å². The lowest BCUT2D eigenvalue weighted by Crippen LogP contribution is -2.52. The fraction of sp³-hybridized carbons (Fsp3) is 0.250. The first kappa shape index (κ1) is 11.3. The summed E-state index contributed by atoms with van der Waals surface area (Å²) < 4.78 is 26.2. The molecule has 4 nitrogen and oxygen atoms in total. The zero-order chi connectivity index (χ0) is 10.6. The highest BCUT2D eigenvalue weighted by Crippen LogP contribution is 2.30. The average Bonchev–Trinajstić information content (AvgIpc) is 2.08. The van der Waals surface area contributed by atoms with E-state index in [0.29, 0.717) is 11.6 Å². The maximum absolute atomic E-state index is 11.3. The molecular formula is C8H11ClN2O2S. The lowest BCUT2D eigenvalue weighted by Gasteiger charge is -2.21. The molecule has 0 aliphatic rings. The second-order valence-electron chi connectivity index (χ2n) is 2.68. The standard InChI is InChI=1S/C8H10ClN2O2S/c9-7-3-1-2-4-8(7)11-14(12,13)6-5-10/h1-4H,5-6,10H2/q-1/p+1. The van der Waals surface area contributed by atoms with Crippen molar-refractivity contribution in [2.24, 2.45) is 0 Å². The van der Waals surface area contributed by atoms with Crippen molar-refractivity contribution < 1.29 is 14.2 Å². The topological polar surface area (TPSA) is 75.9 Å². The number of hydrogen-bond acceptors (Lipinski definition) is 2. The minimum atomic E-state index is -3.43. The maximum Gasteiger partial charge on any atom is 0.0993 e. The van der Waals surface area contributed by atoms with E-state index in [9.17, 15) is 8.42 Å². The smallest absolute Gasteiger partial charge is 0.0993 e. The zero-order valence-electron chi connectivity index (χ0n) is 7.48. The van der Waals surface area contributed by atoms with Crippen molar-refractivity contribution in [3.8, 4) is 0 Å². The highest BCUT2D eigenvalue weighted by Gasteiger charge is 2.00. The summed E-state index contributed by atoms with van der Waals surface area (Å²) in [6, 6.07) is 6.56. The minimum Gasteiger partial charge on any atom is -0.575 e. The van der Waals surface area contributed by atoms with Gasteiger partial charge in [0.2, 0.25) is 0 Å². The van der Waals surface area contributed by atoms with Gasteiger partial charge in [0.25, 0.3) is 0 Å². The predicted octanol–water partition coefficient (Wildman–Crippen LogP) is 0.917. The number of quaternary nitrogens is 1. The molecule has 0 bridgehead atoms. The number of rotatable bonds is 4. The quantitative estimate of drug-likeness (QED) is 0.841. The van der Waals surface area contributed by atoms with E-state index in [1.807, 2.05) is 0 Å². The van der Waals surface area contributed by atoms with Crippen LogP contribution in [0.25, 0.3) is 4.72 Å². The highest BCUT2D eigenvalue weighted by atomic mass is 35.5. The molecule has 1 aromatic carbocycles. The van der Waals surface area contributed by atoms with Crippen molar-refractivity contribution in [3.63, 3.8) is 0 Å². The molecular weight excluding hydrogens is 224 g/mol. The molecule has 1 aromatic rings. The zero-order valence-corrected chi connectivity index (χ0v) is 9.05. The van der Waals surface area contributed by atoms with Crippen molar-refractivity contribution in [1.29, 1.82) is 0 Å². The molecule has 0 heterocycles. The molecule has 0 fully saturated rings. The van der Waals surface area contributed by atoms with Gasteiger partial charge in [-0.05, 0) is 6.07 Å². The molecule has 3 N–H and O–H groups in total. The molecule has 0 radical (unpaired) electrons. The molecule has 0 saturated heterocycles. The first-order valence-corrected chi connectivity index (χ1v) is 6.03. The molecule has 0 aliphatic carbocycles. The number of hydrogen-bond donors (Lipinski definition) is 1. The Kier molecular flexibility index (Phi) is 3.74. The van der Waals surface area contributed by atoms with E-state index in [4.69, 9.17) is 11.6 Å². The average molecular weight is 235 g/mol. The van der Waals surface area contributed by atoms with Crippen LogP contribution in [-0.4, -0.2) is 20.7 Å². The summed E-state index contributed by atoms with van der Waals surface area (Å²) in [6.45, 7) is 0.302. The van der Waals surface area contributed by atoms with Gasteiger partial charge in [0.05, 0.1) is 22.3 Å². The Balaban J connectivity index is 2.84. The van der Waals surface area contributed by atoms with Crippen molar-refractivity contribution in [3.05, 3.63) is 34.0 Å². The van der Waals surface area contributed by atoms with E-state index >= 15 is 0 Å². The number of nitrogens with zero attached hydrogens (tertiary/aromatic N) is 1. The third-order valence-corrected chi connectivity index (χ3v) is 3.09. The lowest BCUT2D eigenvalue weighted by atomic mass is 10.3. The Bertz CT molecular complexity index is 406. The Hall–Kier alpha value is -0.780. The summed E-state index contributed by atoms with van der Waals surface area (Å²) in [5.74, 6) is -0.0573. The first-order valence-electron chi connectivity index (χ1n) is 4.04. The first-order chi connectivity index (χ1) is 6.55. The normalized spacial score (nSPS) is 11.3. The fourth-order valence-electron chi connectivity index (χ4n) is 0.904. The summed E-state index contributed by atoms with van der Waals surface area (Å²) in [5, 5.41) is 0.333. The van der Waals surface area contributed by atoms with Gasteiger partial charge in [-0.15, -0.1) is 5.69 Å². The molecule has 0 aromatic heterocycles. The van der Waals surface area contributed by atoms with Gasteiger partial charge < -0.3 is 10.5 Å². The fourth-order valence-corrected chi connectivity index (χ4v) is 2.05. The summed E-state index contributed by atoms with van der Waals surface area (Å²) >= 11 is 5.76. The van der Waals surface area contributed by atoms with Crippen LogP contribution in [0.3, 0.4) is 0 Å². The molecule has 0 saturated carbocycles. The molecule has 1 rings (SSSR count). The van der Waals surface area contributed by atoms with Crippen LogP contribution in [0.2, 0.25) is 5.02 Å². The molecule has 14 heavy (non-hydrogen) atoms. The van der Waals surface area contributed by atoms with Crippen LogP contribution in [0.15, 0.2) is 24.3 Å². The van der Waals surface area contributed by atoms with Crippen LogP contribution in [0.4, 0.5) is 5.69 Å². The third kappa shape index (κ3) is 3.17. The molecule has 6 heteroatoms. The second kappa shape index (κ2) is 4.63. The van der Waals surface area contributed by atoms with Gasteiger partial charge in [-0.25, -0.2) is 8.42 Å². The van der Waals surface area contributed by atoms with Crippen LogP contribution >= 0.6 is 11.6 Å². The molecule has 78 valence electrons. The largest absolute Gasteiger partial charge is 0.575 e. The molecule has 0 amide bonds. The van der Waals surface area contributed by atoms with Gasteiger partial charge >= 0.3 is 0 Å². The molecule has 0 atom stereocenters. The van der Waals surface area contributed by atoms with Crippen LogP contribution in [0.5, 0.6) is 0 Å². The van der Waals surface area contributed by atoms with Crippen LogP contribution in [0.1, 0.15) is 0 Å². The van der Waals surface area contributed by atoms with E-state index in [-0.39, 0.29) is 11.4 Å². The molecule has 0 aliphatic heterocycles. The lowest BCUT2D eigenvalue weighted by molar-refractivity contribution is -0.360. The Morgan fingerprint density at radius 2 is 2.00 bits per heavy atom. The Labute approximate surface area is 88.1 Å². The van der Waals surface area contributed by atoms with Crippen LogP contribution in [-0.2, 0) is 10.0 Å². The van der Waals surface area contributed by atoms with Crippen molar-refractivity contribution in [2.45, 2.75) is 0 Å². The van der Waals surface area contributed by atoms with Gasteiger partial charge in [-0.3, -0.25) is 0 Å². The van der Waals surface area contributed by atoms with E-state index in [1.165, 1.54) is 0 Å². The van der Waals surface area contributed by atoms with Crippen LogP contribution in [0, 0.1) is 0 Å². The van der Waals surface area contributed by atoms with Crippen molar-refractivity contribution >= 4 is 27.3 Å². The minimum absolute atomic E-state index is 0.0573. The SMILES string of the molecule is [NH3+]CCS(=O)(=O)[N-]c1ccccc1Cl. The molecule has 0 unspecified atom stereocenters.